The monoisotopic (exact) mass is 259 g/mol. The second-order valence-corrected chi connectivity index (χ2v) is 6.08. The molecule has 3 rings (SSSR count). The zero-order valence-corrected chi connectivity index (χ0v) is 11.2. The van der Waals surface area contributed by atoms with Crippen molar-refractivity contribution in [2.75, 3.05) is 0 Å². The van der Waals surface area contributed by atoms with Crippen LogP contribution < -0.4 is 0 Å². The summed E-state index contributed by atoms with van der Waals surface area (Å²) >= 11 is 0. The van der Waals surface area contributed by atoms with Crippen LogP contribution >= 0.6 is 0 Å². The number of carbonyl (C=O) groups excluding carboxylic acids is 1. The zero-order valence-electron chi connectivity index (χ0n) is 11.2. The molecule has 1 atom stereocenters. The molecule has 1 N–H and O–H groups in total. The van der Waals surface area contributed by atoms with E-state index in [0.29, 0.717) is 13.0 Å². The van der Waals surface area contributed by atoms with Gasteiger partial charge in [0.15, 0.2) is 0 Å². The van der Waals surface area contributed by atoms with Gasteiger partial charge in [0.1, 0.15) is 6.23 Å². The lowest BCUT2D eigenvalue weighted by molar-refractivity contribution is -0.157. The summed E-state index contributed by atoms with van der Waals surface area (Å²) in [6.45, 7) is 0.525. The van der Waals surface area contributed by atoms with Gasteiger partial charge in [0, 0.05) is 13.0 Å². The van der Waals surface area contributed by atoms with E-state index in [1.807, 2.05) is 30.3 Å². The van der Waals surface area contributed by atoms with Crippen molar-refractivity contribution in [3.8, 4) is 0 Å². The maximum Gasteiger partial charge on any atom is 0.225 e. The Kier molecular flexibility index (Phi) is 3.31. The molecule has 1 aliphatic heterocycles. The predicted octanol–water partition coefficient (Wildman–Crippen LogP) is 2.69. The van der Waals surface area contributed by atoms with Gasteiger partial charge in [0.2, 0.25) is 5.91 Å². The molecule has 0 aromatic heterocycles. The van der Waals surface area contributed by atoms with Gasteiger partial charge in [-0.25, -0.2) is 0 Å². The Morgan fingerprint density at radius 3 is 2.53 bits per heavy atom. The van der Waals surface area contributed by atoms with E-state index in [4.69, 9.17) is 0 Å². The number of nitrogens with zero attached hydrogens (tertiary/aromatic N) is 1. The fraction of sp³-hybridized carbons (Fsp3) is 0.562. The molecule has 1 aromatic carbocycles. The second kappa shape index (κ2) is 4.97. The third-order valence-electron chi connectivity index (χ3n) is 4.68. The highest BCUT2D eigenvalue weighted by atomic mass is 16.3. The van der Waals surface area contributed by atoms with Gasteiger partial charge in [-0.1, -0.05) is 43.2 Å². The van der Waals surface area contributed by atoms with Gasteiger partial charge in [-0.05, 0) is 30.2 Å². The summed E-state index contributed by atoms with van der Waals surface area (Å²) in [7, 11) is 0. The molecule has 1 saturated carbocycles. The number of aliphatic hydroxyl groups excluding tert-OH is 1. The minimum Gasteiger partial charge on any atom is -0.373 e. The summed E-state index contributed by atoms with van der Waals surface area (Å²) < 4.78 is 0. The van der Waals surface area contributed by atoms with E-state index in [0.717, 1.165) is 24.8 Å². The maximum atomic E-state index is 12.3. The van der Waals surface area contributed by atoms with Crippen LogP contribution in [0.2, 0.25) is 0 Å². The van der Waals surface area contributed by atoms with Crippen molar-refractivity contribution in [3.05, 3.63) is 35.9 Å². The number of carbonyl (C=O) groups is 1. The molecule has 3 nitrogen and oxygen atoms in total. The molecule has 1 saturated heterocycles. The van der Waals surface area contributed by atoms with Crippen molar-refractivity contribution in [2.24, 2.45) is 5.41 Å². The lowest BCUT2D eigenvalue weighted by Crippen LogP contribution is -2.49. The minimum absolute atomic E-state index is 0.101. The molecule has 1 spiro atoms. The average Bonchev–Trinajstić information content (AvgIpc) is 2.83. The van der Waals surface area contributed by atoms with E-state index in [9.17, 15) is 9.90 Å². The Morgan fingerprint density at radius 1 is 1.21 bits per heavy atom. The van der Waals surface area contributed by atoms with Crippen LogP contribution in [0.5, 0.6) is 0 Å². The van der Waals surface area contributed by atoms with Gasteiger partial charge in [0.25, 0.3) is 0 Å². The number of rotatable bonds is 2. The highest BCUT2D eigenvalue weighted by Crippen LogP contribution is 2.48. The molecule has 1 amide bonds. The van der Waals surface area contributed by atoms with Crippen LogP contribution in [0.15, 0.2) is 30.3 Å². The van der Waals surface area contributed by atoms with Crippen molar-refractivity contribution < 1.29 is 9.90 Å². The van der Waals surface area contributed by atoms with Crippen molar-refractivity contribution in [1.82, 2.24) is 4.90 Å². The normalized spacial score (nSPS) is 26.1. The largest absolute Gasteiger partial charge is 0.373 e. The molecule has 1 aromatic rings. The Bertz CT molecular complexity index is 451. The Labute approximate surface area is 114 Å². The SMILES string of the molecule is O=C1CC2(CCCC2)CC(O)N1Cc1ccccc1. The number of aliphatic hydroxyl groups is 1. The summed E-state index contributed by atoms with van der Waals surface area (Å²) in [5.41, 5.74) is 1.18. The topological polar surface area (TPSA) is 40.5 Å². The Hall–Kier alpha value is -1.35. The summed E-state index contributed by atoms with van der Waals surface area (Å²) in [5.74, 6) is 0.115. The first kappa shape index (κ1) is 12.7. The Morgan fingerprint density at radius 2 is 1.89 bits per heavy atom. The molecule has 0 bridgehead atoms. The van der Waals surface area contributed by atoms with Crippen LogP contribution in [0.4, 0.5) is 0 Å². The van der Waals surface area contributed by atoms with Crippen molar-refractivity contribution in [1.29, 1.82) is 0 Å². The third kappa shape index (κ3) is 2.52. The molecule has 2 fully saturated rings. The molecule has 1 aliphatic carbocycles. The number of piperidine rings is 1. The number of likely N-dealkylation sites (tertiary alicyclic amines) is 1. The lowest BCUT2D eigenvalue weighted by atomic mass is 9.76. The highest BCUT2D eigenvalue weighted by Gasteiger charge is 2.44. The molecule has 3 heteroatoms. The van der Waals surface area contributed by atoms with Crippen molar-refractivity contribution in [2.45, 2.75) is 51.3 Å². The summed E-state index contributed by atoms with van der Waals surface area (Å²) in [6.07, 6.45) is 5.39. The van der Waals surface area contributed by atoms with Crippen LogP contribution in [-0.4, -0.2) is 22.1 Å². The van der Waals surface area contributed by atoms with Gasteiger partial charge < -0.3 is 10.0 Å². The molecular weight excluding hydrogens is 238 g/mol. The first-order valence-electron chi connectivity index (χ1n) is 7.20. The fourth-order valence-corrected chi connectivity index (χ4v) is 3.64. The molecule has 2 aliphatic rings. The van der Waals surface area contributed by atoms with E-state index >= 15 is 0 Å². The van der Waals surface area contributed by atoms with Crippen LogP contribution in [-0.2, 0) is 11.3 Å². The summed E-state index contributed by atoms with van der Waals surface area (Å²) in [5, 5.41) is 10.3. The van der Waals surface area contributed by atoms with E-state index in [2.05, 4.69) is 0 Å². The maximum absolute atomic E-state index is 12.3. The van der Waals surface area contributed by atoms with Gasteiger partial charge in [-0.15, -0.1) is 0 Å². The summed E-state index contributed by atoms with van der Waals surface area (Å²) in [6, 6.07) is 9.90. The van der Waals surface area contributed by atoms with E-state index in [1.165, 1.54) is 12.8 Å². The Balaban J connectivity index is 1.72. The smallest absolute Gasteiger partial charge is 0.225 e. The molecular formula is C16H21NO2. The zero-order chi connectivity index (χ0) is 13.3. The summed E-state index contributed by atoms with van der Waals surface area (Å²) in [4.78, 5) is 14.0. The number of benzene rings is 1. The second-order valence-electron chi connectivity index (χ2n) is 6.08. The first-order valence-corrected chi connectivity index (χ1v) is 7.20. The molecule has 0 radical (unpaired) electrons. The first-order chi connectivity index (χ1) is 9.19. The van der Waals surface area contributed by atoms with Crippen LogP contribution in [0.3, 0.4) is 0 Å². The quantitative estimate of drug-likeness (QED) is 0.887. The minimum atomic E-state index is -0.612. The standard InChI is InChI=1S/C16H21NO2/c18-14-10-16(8-4-5-9-16)11-15(19)17(14)12-13-6-2-1-3-7-13/h1-3,6-7,14,18H,4-5,8-12H2. The number of hydrogen-bond acceptors (Lipinski definition) is 2. The third-order valence-corrected chi connectivity index (χ3v) is 4.68. The molecule has 1 unspecified atom stereocenters. The van der Waals surface area contributed by atoms with E-state index in [1.54, 1.807) is 4.90 Å². The van der Waals surface area contributed by atoms with Crippen molar-refractivity contribution >= 4 is 5.91 Å². The van der Waals surface area contributed by atoms with Gasteiger partial charge >= 0.3 is 0 Å². The van der Waals surface area contributed by atoms with Gasteiger partial charge in [0.05, 0.1) is 0 Å². The molecule has 1 heterocycles. The van der Waals surface area contributed by atoms with Crippen LogP contribution in [0.1, 0.15) is 44.1 Å². The highest BCUT2D eigenvalue weighted by molar-refractivity contribution is 5.78. The van der Waals surface area contributed by atoms with Crippen LogP contribution in [0.25, 0.3) is 0 Å². The fourth-order valence-electron chi connectivity index (χ4n) is 3.64. The lowest BCUT2D eigenvalue weighted by Gasteiger charge is -2.42. The van der Waals surface area contributed by atoms with E-state index in [-0.39, 0.29) is 11.3 Å². The van der Waals surface area contributed by atoms with Crippen molar-refractivity contribution in [3.63, 3.8) is 0 Å². The predicted molar refractivity (Wildman–Crippen MR) is 73.1 cm³/mol. The number of hydrogen-bond donors (Lipinski definition) is 1. The number of amides is 1. The van der Waals surface area contributed by atoms with Gasteiger partial charge in [-0.3, -0.25) is 4.79 Å². The van der Waals surface area contributed by atoms with Crippen LogP contribution in [0, 0.1) is 5.41 Å². The van der Waals surface area contributed by atoms with E-state index < -0.39 is 6.23 Å². The van der Waals surface area contributed by atoms with Gasteiger partial charge in [-0.2, -0.15) is 0 Å². The molecule has 19 heavy (non-hydrogen) atoms. The molecule has 102 valence electrons. The average molecular weight is 259 g/mol.